The number of allylic oxidation sites excluding steroid dienone is 1. The molecule has 0 fully saturated rings. The molecule has 1 atom stereocenters. The Morgan fingerprint density at radius 3 is 2.62 bits per heavy atom. The average molecular weight is 299 g/mol. The third-order valence-electron chi connectivity index (χ3n) is 3.91. The van der Waals surface area contributed by atoms with E-state index in [0.717, 1.165) is 29.0 Å². The van der Waals surface area contributed by atoms with Gasteiger partial charge in [-0.25, -0.2) is 4.79 Å². The largest absolute Gasteiger partial charge is 0.478 e. The van der Waals surface area contributed by atoms with Gasteiger partial charge in [-0.05, 0) is 53.2 Å². The lowest BCUT2D eigenvalue weighted by Gasteiger charge is -2.12. The van der Waals surface area contributed by atoms with Gasteiger partial charge >= 0.3 is 5.97 Å². The summed E-state index contributed by atoms with van der Waals surface area (Å²) in [7, 11) is 0. The van der Waals surface area contributed by atoms with E-state index in [1.54, 1.807) is 0 Å². The first-order valence-corrected chi connectivity index (χ1v) is 7.28. The molecule has 1 aliphatic rings. The standard InChI is InChI=1S/C18H15ClO2/c19-15-7-5-12(6-8-15)9-14-10-13-3-1-2-4-16(13)17(14)11-18(20)21/h1-8,11,14H,9-10H2,(H,20,21). The van der Waals surface area contributed by atoms with E-state index >= 15 is 0 Å². The first-order valence-electron chi connectivity index (χ1n) is 6.91. The van der Waals surface area contributed by atoms with Gasteiger partial charge < -0.3 is 5.11 Å². The number of benzene rings is 2. The zero-order valence-electron chi connectivity index (χ0n) is 11.4. The fourth-order valence-electron chi connectivity index (χ4n) is 2.99. The Labute approximate surface area is 128 Å². The molecule has 3 rings (SSSR count). The lowest BCUT2D eigenvalue weighted by molar-refractivity contribution is -0.131. The van der Waals surface area contributed by atoms with Crippen LogP contribution in [0.5, 0.6) is 0 Å². The van der Waals surface area contributed by atoms with Crippen LogP contribution in [0.25, 0.3) is 5.57 Å². The molecule has 1 aliphatic carbocycles. The molecule has 0 saturated heterocycles. The molecule has 0 bridgehead atoms. The topological polar surface area (TPSA) is 37.3 Å². The van der Waals surface area contributed by atoms with Crippen molar-refractivity contribution in [3.8, 4) is 0 Å². The summed E-state index contributed by atoms with van der Waals surface area (Å²) in [6, 6.07) is 15.8. The summed E-state index contributed by atoms with van der Waals surface area (Å²) < 4.78 is 0. The van der Waals surface area contributed by atoms with Gasteiger partial charge in [0.05, 0.1) is 0 Å². The van der Waals surface area contributed by atoms with Crippen LogP contribution in [0.1, 0.15) is 16.7 Å². The number of carboxylic acid groups (broad SMARTS) is 1. The second kappa shape index (κ2) is 5.74. The zero-order chi connectivity index (χ0) is 14.8. The molecule has 1 N–H and O–H groups in total. The van der Waals surface area contributed by atoms with Gasteiger partial charge in [0.1, 0.15) is 0 Å². The van der Waals surface area contributed by atoms with Crippen molar-refractivity contribution in [1.82, 2.24) is 0 Å². The fraction of sp³-hybridized carbons (Fsp3) is 0.167. The predicted octanol–water partition coefficient (Wildman–Crippen LogP) is 4.22. The second-order valence-electron chi connectivity index (χ2n) is 5.33. The molecule has 1 unspecified atom stereocenters. The highest BCUT2D eigenvalue weighted by Crippen LogP contribution is 2.38. The number of hydrogen-bond donors (Lipinski definition) is 1. The van der Waals surface area contributed by atoms with Crippen molar-refractivity contribution in [2.24, 2.45) is 5.92 Å². The fourth-order valence-corrected chi connectivity index (χ4v) is 3.12. The lowest BCUT2D eigenvalue weighted by Crippen LogP contribution is -2.05. The highest BCUT2D eigenvalue weighted by Gasteiger charge is 2.27. The molecule has 2 aromatic rings. The molecule has 0 heterocycles. The highest BCUT2D eigenvalue weighted by molar-refractivity contribution is 6.30. The van der Waals surface area contributed by atoms with E-state index < -0.39 is 5.97 Å². The van der Waals surface area contributed by atoms with Gasteiger partial charge in [-0.2, -0.15) is 0 Å². The number of fused-ring (bicyclic) bond motifs is 1. The van der Waals surface area contributed by atoms with E-state index in [9.17, 15) is 4.79 Å². The third kappa shape index (κ3) is 3.01. The molecular formula is C18H15ClO2. The molecule has 2 aromatic carbocycles. The van der Waals surface area contributed by atoms with E-state index in [2.05, 4.69) is 6.07 Å². The normalized spacial score (nSPS) is 18.7. The lowest BCUT2D eigenvalue weighted by atomic mass is 9.92. The summed E-state index contributed by atoms with van der Waals surface area (Å²) in [5.74, 6) is -0.678. The first kappa shape index (κ1) is 13.9. The maximum Gasteiger partial charge on any atom is 0.328 e. The second-order valence-corrected chi connectivity index (χ2v) is 5.76. The Kier molecular flexibility index (Phi) is 3.80. The molecule has 0 aliphatic heterocycles. The van der Waals surface area contributed by atoms with Crippen molar-refractivity contribution in [1.29, 1.82) is 0 Å². The summed E-state index contributed by atoms with van der Waals surface area (Å²) in [5.41, 5.74) is 4.39. The van der Waals surface area contributed by atoms with Crippen LogP contribution < -0.4 is 0 Å². The van der Waals surface area contributed by atoms with Crippen molar-refractivity contribution in [3.05, 3.63) is 76.3 Å². The Morgan fingerprint density at radius 1 is 1.19 bits per heavy atom. The summed E-state index contributed by atoms with van der Waals surface area (Å²) in [6.45, 7) is 0. The summed E-state index contributed by atoms with van der Waals surface area (Å²) in [6.07, 6.45) is 3.06. The highest BCUT2D eigenvalue weighted by atomic mass is 35.5. The predicted molar refractivity (Wildman–Crippen MR) is 84.4 cm³/mol. The van der Waals surface area contributed by atoms with E-state index in [1.807, 2.05) is 42.5 Å². The molecule has 106 valence electrons. The smallest absolute Gasteiger partial charge is 0.328 e. The zero-order valence-corrected chi connectivity index (χ0v) is 12.2. The van der Waals surface area contributed by atoms with E-state index in [0.29, 0.717) is 0 Å². The molecule has 3 heteroatoms. The monoisotopic (exact) mass is 298 g/mol. The van der Waals surface area contributed by atoms with Gasteiger partial charge in [0.2, 0.25) is 0 Å². The Balaban J connectivity index is 1.92. The first-order chi connectivity index (χ1) is 10.1. The van der Waals surface area contributed by atoms with Gasteiger partial charge in [0.15, 0.2) is 0 Å². The molecule has 0 aromatic heterocycles. The number of aliphatic carboxylic acids is 1. The Morgan fingerprint density at radius 2 is 1.90 bits per heavy atom. The van der Waals surface area contributed by atoms with E-state index in [4.69, 9.17) is 16.7 Å². The minimum Gasteiger partial charge on any atom is -0.478 e. The quantitative estimate of drug-likeness (QED) is 0.861. The number of carbonyl (C=O) groups is 1. The summed E-state index contributed by atoms with van der Waals surface area (Å²) in [5, 5.41) is 9.84. The van der Waals surface area contributed by atoms with Gasteiger partial charge in [-0.1, -0.05) is 48.0 Å². The number of halogens is 1. The van der Waals surface area contributed by atoms with Crippen LogP contribution in [0, 0.1) is 5.92 Å². The van der Waals surface area contributed by atoms with Crippen molar-refractivity contribution in [3.63, 3.8) is 0 Å². The SMILES string of the molecule is O=C(O)C=C1c2ccccc2CC1Cc1ccc(Cl)cc1. The molecular weight excluding hydrogens is 284 g/mol. The maximum atomic E-state index is 11.1. The third-order valence-corrected chi connectivity index (χ3v) is 4.16. The van der Waals surface area contributed by atoms with E-state index in [1.165, 1.54) is 17.2 Å². The molecule has 0 radical (unpaired) electrons. The van der Waals surface area contributed by atoms with Gasteiger partial charge in [-0.15, -0.1) is 0 Å². The van der Waals surface area contributed by atoms with Crippen LogP contribution in [-0.2, 0) is 17.6 Å². The van der Waals surface area contributed by atoms with Crippen LogP contribution in [0.3, 0.4) is 0 Å². The maximum absolute atomic E-state index is 11.1. The van der Waals surface area contributed by atoms with Gasteiger partial charge in [-0.3, -0.25) is 0 Å². The molecule has 0 saturated carbocycles. The van der Waals surface area contributed by atoms with Crippen LogP contribution >= 0.6 is 11.6 Å². The minimum absolute atomic E-state index is 0.208. The van der Waals surface area contributed by atoms with E-state index in [-0.39, 0.29) is 5.92 Å². The van der Waals surface area contributed by atoms with Gasteiger partial charge in [0, 0.05) is 11.1 Å². The van der Waals surface area contributed by atoms with Crippen LogP contribution in [0.4, 0.5) is 0 Å². The summed E-state index contributed by atoms with van der Waals surface area (Å²) >= 11 is 5.91. The number of rotatable bonds is 3. The van der Waals surface area contributed by atoms with Crippen LogP contribution in [-0.4, -0.2) is 11.1 Å². The Bertz CT molecular complexity index is 701. The van der Waals surface area contributed by atoms with Crippen molar-refractivity contribution < 1.29 is 9.90 Å². The van der Waals surface area contributed by atoms with Crippen molar-refractivity contribution in [2.45, 2.75) is 12.8 Å². The minimum atomic E-state index is -0.886. The summed E-state index contributed by atoms with van der Waals surface area (Å²) in [4.78, 5) is 11.1. The number of hydrogen-bond acceptors (Lipinski definition) is 1. The van der Waals surface area contributed by atoms with Gasteiger partial charge in [0.25, 0.3) is 0 Å². The molecule has 0 spiro atoms. The molecule has 2 nitrogen and oxygen atoms in total. The van der Waals surface area contributed by atoms with Crippen LogP contribution in [0.2, 0.25) is 5.02 Å². The number of carboxylic acids is 1. The Hall–Kier alpha value is -2.06. The van der Waals surface area contributed by atoms with Crippen LogP contribution in [0.15, 0.2) is 54.6 Å². The molecule has 21 heavy (non-hydrogen) atoms. The van der Waals surface area contributed by atoms with Crippen molar-refractivity contribution in [2.75, 3.05) is 0 Å². The average Bonchev–Trinajstić information content (AvgIpc) is 2.79. The van der Waals surface area contributed by atoms with Crippen molar-refractivity contribution >= 4 is 23.1 Å². The molecule has 0 amide bonds.